The first-order chi connectivity index (χ1) is 11.3. The molecular weight excluding hydrogens is 312 g/mol. The van der Waals surface area contributed by atoms with E-state index in [1.807, 2.05) is 13.8 Å². The predicted molar refractivity (Wildman–Crippen MR) is 91.7 cm³/mol. The molecule has 8 atom stereocenters. The molecule has 24 heavy (non-hydrogen) atoms. The van der Waals surface area contributed by atoms with Gasteiger partial charge in [-0.05, 0) is 24.7 Å². The standard InChI is InChI=1S/C18H36O6/c1-5-7-11(3)9-23-17-13(19)15(21)18(16(22)14(17)20)24-10-12(4)8-6-2/h11-22H,5-10H2,1-4H3/t11?,12?,13-,14-,15-,16+,17?,18?/m1/s1. The highest BCUT2D eigenvalue weighted by atomic mass is 16.5. The van der Waals surface area contributed by atoms with E-state index in [1.54, 1.807) is 0 Å². The molecule has 6 heteroatoms. The first-order valence-electron chi connectivity index (χ1n) is 9.28. The lowest BCUT2D eigenvalue weighted by atomic mass is 9.84. The van der Waals surface area contributed by atoms with Crippen molar-refractivity contribution in [3.8, 4) is 0 Å². The van der Waals surface area contributed by atoms with Crippen LogP contribution >= 0.6 is 0 Å². The van der Waals surface area contributed by atoms with E-state index in [-0.39, 0.29) is 11.8 Å². The van der Waals surface area contributed by atoms with Crippen LogP contribution < -0.4 is 0 Å². The third-order valence-electron chi connectivity index (χ3n) is 4.76. The van der Waals surface area contributed by atoms with Gasteiger partial charge in [-0.2, -0.15) is 0 Å². The van der Waals surface area contributed by atoms with Gasteiger partial charge in [0.15, 0.2) is 0 Å². The Labute approximate surface area is 145 Å². The maximum Gasteiger partial charge on any atom is 0.114 e. The summed E-state index contributed by atoms with van der Waals surface area (Å²) in [4.78, 5) is 0. The van der Waals surface area contributed by atoms with E-state index < -0.39 is 36.6 Å². The Morgan fingerprint density at radius 3 is 1.21 bits per heavy atom. The Morgan fingerprint density at radius 2 is 0.958 bits per heavy atom. The summed E-state index contributed by atoms with van der Waals surface area (Å²) in [6.07, 6.45) is -3.17. The van der Waals surface area contributed by atoms with Gasteiger partial charge >= 0.3 is 0 Å². The minimum Gasteiger partial charge on any atom is -0.387 e. The zero-order valence-corrected chi connectivity index (χ0v) is 15.5. The monoisotopic (exact) mass is 348 g/mol. The van der Waals surface area contributed by atoms with Crippen molar-refractivity contribution in [3.05, 3.63) is 0 Å². The van der Waals surface area contributed by atoms with E-state index in [4.69, 9.17) is 9.47 Å². The summed E-state index contributed by atoms with van der Waals surface area (Å²) in [7, 11) is 0. The number of rotatable bonds is 10. The molecule has 1 saturated carbocycles. The quantitative estimate of drug-likeness (QED) is 0.472. The number of aliphatic hydroxyl groups excluding tert-OH is 4. The van der Waals surface area contributed by atoms with E-state index >= 15 is 0 Å². The van der Waals surface area contributed by atoms with Gasteiger partial charge in [0.25, 0.3) is 0 Å². The minimum absolute atomic E-state index is 0.285. The molecule has 0 aromatic rings. The molecule has 6 nitrogen and oxygen atoms in total. The number of hydrogen-bond donors (Lipinski definition) is 4. The van der Waals surface area contributed by atoms with Crippen molar-refractivity contribution in [2.45, 2.75) is 90.0 Å². The fraction of sp³-hybridized carbons (Fsp3) is 1.00. The zero-order chi connectivity index (χ0) is 18.3. The summed E-state index contributed by atoms with van der Waals surface area (Å²) in [6.45, 7) is 8.94. The summed E-state index contributed by atoms with van der Waals surface area (Å²) >= 11 is 0. The molecule has 0 spiro atoms. The lowest BCUT2D eigenvalue weighted by Crippen LogP contribution is -2.65. The Kier molecular flexibility index (Phi) is 9.71. The van der Waals surface area contributed by atoms with Gasteiger partial charge in [-0.15, -0.1) is 0 Å². The van der Waals surface area contributed by atoms with Crippen molar-refractivity contribution in [1.82, 2.24) is 0 Å². The van der Waals surface area contributed by atoms with Gasteiger partial charge in [0.1, 0.15) is 36.6 Å². The third kappa shape index (κ3) is 5.93. The highest BCUT2D eigenvalue weighted by Crippen LogP contribution is 2.27. The molecule has 0 radical (unpaired) electrons. The lowest BCUT2D eigenvalue weighted by Gasteiger charge is -2.43. The van der Waals surface area contributed by atoms with Crippen LogP contribution in [0.2, 0.25) is 0 Å². The molecule has 4 unspecified atom stereocenters. The first kappa shape index (κ1) is 21.8. The summed E-state index contributed by atoms with van der Waals surface area (Å²) < 4.78 is 11.2. The van der Waals surface area contributed by atoms with Gasteiger partial charge in [0, 0.05) is 13.2 Å². The van der Waals surface area contributed by atoms with E-state index in [9.17, 15) is 20.4 Å². The van der Waals surface area contributed by atoms with Crippen molar-refractivity contribution in [3.63, 3.8) is 0 Å². The van der Waals surface area contributed by atoms with Gasteiger partial charge in [-0.25, -0.2) is 0 Å². The number of ether oxygens (including phenoxy) is 2. The van der Waals surface area contributed by atoms with Crippen molar-refractivity contribution in [2.24, 2.45) is 11.8 Å². The molecule has 0 aromatic carbocycles. The minimum atomic E-state index is -1.29. The molecule has 0 bridgehead atoms. The summed E-state index contributed by atoms with van der Waals surface area (Å²) in [6, 6.07) is 0. The third-order valence-corrected chi connectivity index (χ3v) is 4.76. The molecule has 1 aliphatic carbocycles. The van der Waals surface area contributed by atoms with Crippen LogP contribution in [-0.2, 0) is 9.47 Å². The molecule has 0 amide bonds. The maximum absolute atomic E-state index is 10.3. The second kappa shape index (κ2) is 10.7. The highest BCUT2D eigenvalue weighted by Gasteiger charge is 2.50. The Bertz CT molecular complexity index is 291. The highest BCUT2D eigenvalue weighted by molar-refractivity contribution is 5.00. The normalized spacial score (nSPS) is 36.5. The Hall–Kier alpha value is -0.240. The van der Waals surface area contributed by atoms with E-state index in [1.165, 1.54) is 0 Å². The van der Waals surface area contributed by atoms with Crippen LogP contribution in [0.1, 0.15) is 53.4 Å². The fourth-order valence-corrected chi connectivity index (χ4v) is 3.28. The average Bonchev–Trinajstić information content (AvgIpc) is 2.53. The lowest BCUT2D eigenvalue weighted by molar-refractivity contribution is -0.249. The van der Waals surface area contributed by atoms with Gasteiger partial charge in [0.05, 0.1) is 0 Å². The van der Waals surface area contributed by atoms with Crippen molar-refractivity contribution in [2.75, 3.05) is 13.2 Å². The Balaban J connectivity index is 2.61. The van der Waals surface area contributed by atoms with Gasteiger partial charge in [-0.1, -0.05) is 40.5 Å². The van der Waals surface area contributed by atoms with Crippen LogP contribution in [0.5, 0.6) is 0 Å². The van der Waals surface area contributed by atoms with Crippen molar-refractivity contribution in [1.29, 1.82) is 0 Å². The summed E-state index contributed by atoms with van der Waals surface area (Å²) in [5.74, 6) is 0.570. The molecule has 1 aliphatic rings. The molecule has 0 heterocycles. The van der Waals surface area contributed by atoms with Crippen LogP contribution in [0.4, 0.5) is 0 Å². The smallest absolute Gasteiger partial charge is 0.114 e. The van der Waals surface area contributed by atoms with E-state index in [2.05, 4.69) is 13.8 Å². The van der Waals surface area contributed by atoms with E-state index in [0.29, 0.717) is 13.2 Å². The SMILES string of the molecule is CCCC(C)COC1[C@@H](O)[C@@H](O)C(OCC(C)CCC)[C@H](O)[C@H]1O. The topological polar surface area (TPSA) is 99.4 Å². The van der Waals surface area contributed by atoms with Crippen LogP contribution in [-0.4, -0.2) is 70.3 Å². The van der Waals surface area contributed by atoms with Crippen molar-refractivity contribution < 1.29 is 29.9 Å². The molecule has 144 valence electrons. The number of aliphatic hydroxyl groups is 4. The fourth-order valence-electron chi connectivity index (χ4n) is 3.28. The zero-order valence-electron chi connectivity index (χ0n) is 15.5. The van der Waals surface area contributed by atoms with Crippen LogP contribution in [0.15, 0.2) is 0 Å². The van der Waals surface area contributed by atoms with Gasteiger partial charge in [-0.3, -0.25) is 0 Å². The second-order valence-electron chi connectivity index (χ2n) is 7.35. The molecule has 0 saturated heterocycles. The van der Waals surface area contributed by atoms with Gasteiger partial charge in [0.2, 0.25) is 0 Å². The molecule has 1 rings (SSSR count). The largest absolute Gasteiger partial charge is 0.387 e. The average molecular weight is 348 g/mol. The maximum atomic E-state index is 10.3. The second-order valence-corrected chi connectivity index (χ2v) is 7.35. The number of hydrogen-bond acceptors (Lipinski definition) is 6. The van der Waals surface area contributed by atoms with Crippen molar-refractivity contribution >= 4 is 0 Å². The molecule has 1 fully saturated rings. The molecular formula is C18H36O6. The molecule has 0 aromatic heterocycles. The predicted octanol–water partition coefficient (Wildman–Crippen LogP) is 1.09. The van der Waals surface area contributed by atoms with Gasteiger partial charge < -0.3 is 29.9 Å². The van der Waals surface area contributed by atoms with Crippen LogP contribution in [0.25, 0.3) is 0 Å². The van der Waals surface area contributed by atoms with E-state index in [0.717, 1.165) is 25.7 Å². The first-order valence-corrected chi connectivity index (χ1v) is 9.28. The van der Waals surface area contributed by atoms with Crippen LogP contribution in [0.3, 0.4) is 0 Å². The molecule has 0 aliphatic heterocycles. The summed E-state index contributed by atoms with van der Waals surface area (Å²) in [5, 5.41) is 41.1. The Morgan fingerprint density at radius 1 is 0.667 bits per heavy atom. The van der Waals surface area contributed by atoms with Crippen LogP contribution in [0, 0.1) is 11.8 Å². The summed E-state index contributed by atoms with van der Waals surface area (Å²) in [5.41, 5.74) is 0. The molecule has 4 N–H and O–H groups in total.